The first-order valence-electron chi connectivity index (χ1n) is 9.65. The van der Waals surface area contributed by atoms with Gasteiger partial charge in [0.25, 0.3) is 5.91 Å². The quantitative estimate of drug-likeness (QED) is 0.617. The number of phenolic OH excluding ortho intramolecular Hbond substituents is 1. The number of aldehydes is 1. The molecule has 1 aliphatic rings. The molecule has 29 heavy (non-hydrogen) atoms. The molecule has 0 saturated carbocycles. The van der Waals surface area contributed by atoms with Gasteiger partial charge in [0, 0.05) is 12.1 Å². The molecule has 7 heteroatoms. The van der Waals surface area contributed by atoms with Gasteiger partial charge in [0.1, 0.15) is 24.2 Å². The maximum Gasteiger partial charge on any atom is 0.254 e. The fourth-order valence-electron chi connectivity index (χ4n) is 3.64. The van der Waals surface area contributed by atoms with Crippen LogP contribution in [0.3, 0.4) is 0 Å². The van der Waals surface area contributed by atoms with Gasteiger partial charge in [-0.3, -0.25) is 9.59 Å². The van der Waals surface area contributed by atoms with Crippen LogP contribution in [0.1, 0.15) is 51.6 Å². The Hall–Kier alpha value is -2.90. The summed E-state index contributed by atoms with van der Waals surface area (Å²) < 4.78 is 5.79. The zero-order valence-electron chi connectivity index (χ0n) is 16.0. The number of amides is 1. The van der Waals surface area contributed by atoms with E-state index in [-0.39, 0.29) is 35.6 Å². The van der Waals surface area contributed by atoms with Crippen molar-refractivity contribution in [1.29, 1.82) is 0 Å². The Balaban J connectivity index is 1.79. The van der Waals surface area contributed by atoms with E-state index >= 15 is 0 Å². The summed E-state index contributed by atoms with van der Waals surface area (Å²) in [5.74, 6) is -0.108. The lowest BCUT2D eigenvalue weighted by Crippen LogP contribution is -2.47. The summed E-state index contributed by atoms with van der Waals surface area (Å²) >= 11 is 0. The van der Waals surface area contributed by atoms with Gasteiger partial charge in [0.2, 0.25) is 0 Å². The van der Waals surface area contributed by atoms with Gasteiger partial charge in [-0.05, 0) is 43.0 Å². The summed E-state index contributed by atoms with van der Waals surface area (Å²) in [6.45, 7) is 0.264. The Labute approximate surface area is 169 Å². The molecule has 2 aromatic rings. The van der Waals surface area contributed by atoms with Crippen LogP contribution < -0.4 is 4.74 Å². The summed E-state index contributed by atoms with van der Waals surface area (Å²) in [7, 11) is 0. The molecule has 7 nitrogen and oxygen atoms in total. The van der Waals surface area contributed by atoms with Crippen LogP contribution in [-0.4, -0.2) is 58.2 Å². The minimum Gasteiger partial charge on any atom is -0.507 e. The molecule has 2 atom stereocenters. The minimum absolute atomic E-state index is 0.0811. The van der Waals surface area contributed by atoms with Crippen molar-refractivity contribution in [3.63, 3.8) is 0 Å². The molecule has 1 fully saturated rings. The maximum absolute atomic E-state index is 13.2. The van der Waals surface area contributed by atoms with Gasteiger partial charge in [-0.25, -0.2) is 0 Å². The number of aromatic hydroxyl groups is 1. The van der Waals surface area contributed by atoms with Crippen molar-refractivity contribution in [1.82, 2.24) is 4.90 Å². The van der Waals surface area contributed by atoms with Crippen LogP contribution in [0, 0.1) is 0 Å². The number of carbonyl (C=O) groups excluding carboxylic acids is 2. The van der Waals surface area contributed by atoms with Gasteiger partial charge >= 0.3 is 0 Å². The second-order valence-electron chi connectivity index (χ2n) is 7.05. The van der Waals surface area contributed by atoms with E-state index in [9.17, 15) is 24.9 Å². The number of aliphatic hydroxyl groups is 2. The number of rotatable bonds is 7. The minimum atomic E-state index is -1.13. The van der Waals surface area contributed by atoms with Crippen LogP contribution in [0.5, 0.6) is 11.5 Å². The molecule has 3 N–H and O–H groups in total. The van der Waals surface area contributed by atoms with E-state index in [1.54, 1.807) is 41.3 Å². The first-order valence-corrected chi connectivity index (χ1v) is 9.65. The predicted octanol–water partition coefficient (Wildman–Crippen LogP) is 2.30. The number of piperidine rings is 1. The van der Waals surface area contributed by atoms with Crippen molar-refractivity contribution in [3.8, 4) is 11.5 Å². The summed E-state index contributed by atoms with van der Waals surface area (Å²) in [6, 6.07) is 11.1. The molecule has 0 aliphatic carbocycles. The van der Waals surface area contributed by atoms with Crippen LogP contribution in [0.15, 0.2) is 42.5 Å². The van der Waals surface area contributed by atoms with Gasteiger partial charge in [-0.15, -0.1) is 0 Å². The third-order valence-corrected chi connectivity index (χ3v) is 5.20. The first kappa shape index (κ1) is 20.8. The lowest BCUT2D eigenvalue weighted by molar-refractivity contribution is 0.0513. The number of benzene rings is 2. The first-order chi connectivity index (χ1) is 14.1. The fourth-order valence-corrected chi connectivity index (χ4v) is 3.64. The van der Waals surface area contributed by atoms with Crippen LogP contribution >= 0.6 is 0 Å². The van der Waals surface area contributed by atoms with Gasteiger partial charge in [-0.2, -0.15) is 0 Å². The molecule has 1 heterocycles. The van der Waals surface area contributed by atoms with Crippen molar-refractivity contribution in [2.75, 3.05) is 19.8 Å². The van der Waals surface area contributed by atoms with E-state index in [2.05, 4.69) is 0 Å². The monoisotopic (exact) mass is 399 g/mol. The number of likely N-dealkylation sites (tertiary alicyclic amines) is 1. The van der Waals surface area contributed by atoms with Gasteiger partial charge in [0.15, 0.2) is 6.29 Å². The van der Waals surface area contributed by atoms with Crippen LogP contribution in [-0.2, 0) is 0 Å². The third-order valence-electron chi connectivity index (χ3n) is 5.20. The van der Waals surface area contributed by atoms with E-state index in [0.717, 1.165) is 19.3 Å². The Kier molecular flexibility index (Phi) is 6.85. The highest BCUT2D eigenvalue weighted by Gasteiger charge is 2.30. The van der Waals surface area contributed by atoms with E-state index in [1.807, 2.05) is 0 Å². The Bertz CT molecular complexity index is 868. The SMILES string of the molecule is O=Cc1c(O)cccc1OCC1CCCCN1C(=O)c1ccccc1C(O)CO. The lowest BCUT2D eigenvalue weighted by atomic mass is 9.97. The van der Waals surface area contributed by atoms with Gasteiger partial charge in [0.05, 0.1) is 18.2 Å². The molecule has 3 rings (SSSR count). The van der Waals surface area contributed by atoms with E-state index in [0.29, 0.717) is 24.0 Å². The van der Waals surface area contributed by atoms with Crippen LogP contribution in [0.4, 0.5) is 0 Å². The Morgan fingerprint density at radius 1 is 1.21 bits per heavy atom. The smallest absolute Gasteiger partial charge is 0.254 e. The van der Waals surface area contributed by atoms with Gasteiger partial charge in [-0.1, -0.05) is 24.3 Å². The Morgan fingerprint density at radius 3 is 2.76 bits per heavy atom. The molecule has 2 aromatic carbocycles. The predicted molar refractivity (Wildman–Crippen MR) is 106 cm³/mol. The lowest BCUT2D eigenvalue weighted by Gasteiger charge is -2.36. The van der Waals surface area contributed by atoms with Crippen LogP contribution in [0.2, 0.25) is 0 Å². The summed E-state index contributed by atoms with van der Waals surface area (Å²) in [5.41, 5.74) is 0.825. The number of ether oxygens (including phenoxy) is 1. The highest BCUT2D eigenvalue weighted by Crippen LogP contribution is 2.28. The molecule has 0 aromatic heterocycles. The number of nitrogens with zero attached hydrogens (tertiary/aromatic N) is 1. The largest absolute Gasteiger partial charge is 0.507 e. The topological polar surface area (TPSA) is 107 Å². The number of hydrogen-bond acceptors (Lipinski definition) is 6. The summed E-state index contributed by atoms with van der Waals surface area (Å²) in [6.07, 6.45) is 1.96. The van der Waals surface area contributed by atoms with Crippen molar-refractivity contribution >= 4 is 12.2 Å². The van der Waals surface area contributed by atoms with Crippen molar-refractivity contribution in [2.45, 2.75) is 31.4 Å². The second-order valence-corrected chi connectivity index (χ2v) is 7.05. The summed E-state index contributed by atoms with van der Waals surface area (Å²) in [5, 5.41) is 29.2. The molecule has 0 bridgehead atoms. The van der Waals surface area contributed by atoms with Gasteiger partial charge < -0.3 is 25.0 Å². The molecule has 154 valence electrons. The fraction of sp³-hybridized carbons (Fsp3) is 0.364. The maximum atomic E-state index is 13.2. The molecule has 1 amide bonds. The molecular formula is C22H25NO6. The molecule has 0 radical (unpaired) electrons. The van der Waals surface area contributed by atoms with Crippen molar-refractivity contribution < 1.29 is 29.6 Å². The van der Waals surface area contributed by atoms with E-state index in [4.69, 9.17) is 4.74 Å². The van der Waals surface area contributed by atoms with Crippen molar-refractivity contribution in [3.05, 3.63) is 59.2 Å². The highest BCUT2D eigenvalue weighted by atomic mass is 16.5. The highest BCUT2D eigenvalue weighted by molar-refractivity contribution is 5.96. The molecule has 2 unspecified atom stereocenters. The Morgan fingerprint density at radius 2 is 2.00 bits per heavy atom. The molecule has 1 aliphatic heterocycles. The molecule has 1 saturated heterocycles. The second kappa shape index (κ2) is 9.54. The number of aliphatic hydroxyl groups excluding tert-OH is 2. The van der Waals surface area contributed by atoms with Crippen molar-refractivity contribution in [2.24, 2.45) is 0 Å². The zero-order chi connectivity index (χ0) is 20.8. The van der Waals surface area contributed by atoms with E-state index < -0.39 is 12.7 Å². The zero-order valence-corrected chi connectivity index (χ0v) is 16.0. The molecular weight excluding hydrogens is 374 g/mol. The number of phenols is 1. The average Bonchev–Trinajstić information content (AvgIpc) is 2.77. The average molecular weight is 399 g/mol. The molecule has 0 spiro atoms. The summed E-state index contributed by atoms with van der Waals surface area (Å²) in [4.78, 5) is 26.2. The third kappa shape index (κ3) is 4.58. The standard InChI is InChI=1S/C22H25NO6/c24-12-18-19(26)9-5-10-21(18)29-14-15-6-3-4-11-23(15)22(28)17-8-2-1-7-16(17)20(27)13-25/h1-2,5,7-10,12,15,20,25-27H,3-4,6,11,13-14H2. The number of carbonyl (C=O) groups is 2. The van der Waals surface area contributed by atoms with Crippen LogP contribution in [0.25, 0.3) is 0 Å². The van der Waals surface area contributed by atoms with E-state index in [1.165, 1.54) is 6.07 Å². The number of hydrogen-bond donors (Lipinski definition) is 3. The normalized spacial score (nSPS) is 17.6.